The Morgan fingerprint density at radius 3 is 2.30 bits per heavy atom. The van der Waals surface area contributed by atoms with Crippen molar-refractivity contribution in [2.24, 2.45) is 10.2 Å². The molecule has 0 saturated carbocycles. The molecule has 4 nitrogen and oxygen atoms in total. The van der Waals surface area contributed by atoms with Crippen molar-refractivity contribution in [3.8, 4) is 11.5 Å². The van der Waals surface area contributed by atoms with Crippen LogP contribution in [0.5, 0.6) is 11.5 Å². The van der Waals surface area contributed by atoms with Gasteiger partial charge in [0.15, 0.2) is 11.6 Å². The summed E-state index contributed by atoms with van der Waals surface area (Å²) in [6.45, 7) is 0. The largest absolute Gasteiger partial charge is 0.508 e. The molecule has 0 bridgehead atoms. The van der Waals surface area contributed by atoms with Gasteiger partial charge in [0.2, 0.25) is 0 Å². The maximum atomic E-state index is 13.3. The average Bonchev–Trinajstić information content (AvgIpc) is 2.40. The van der Waals surface area contributed by atoms with Gasteiger partial charge in [-0.1, -0.05) is 0 Å². The minimum Gasteiger partial charge on any atom is -0.508 e. The third-order valence-electron chi connectivity index (χ3n) is 2.43. The Hall–Kier alpha value is -2.76. The van der Waals surface area contributed by atoms with E-state index < -0.39 is 17.4 Å². The minimum atomic E-state index is -0.762. The van der Waals surface area contributed by atoms with Crippen molar-refractivity contribution in [1.29, 1.82) is 0 Å². The first kappa shape index (κ1) is 13.7. The fraction of sp³-hybridized carbons (Fsp3) is 0. The summed E-state index contributed by atoms with van der Waals surface area (Å²) in [5.41, 5.74) is 0.570. The van der Waals surface area contributed by atoms with E-state index in [1.54, 1.807) is 0 Å². The molecular formula is C14H10F2N2O2. The van der Waals surface area contributed by atoms with Crippen LogP contribution < -0.4 is 0 Å². The first-order valence-corrected chi connectivity index (χ1v) is 5.59. The molecule has 0 saturated heterocycles. The monoisotopic (exact) mass is 276 g/mol. The van der Waals surface area contributed by atoms with E-state index in [0.717, 1.165) is 12.1 Å². The molecule has 2 N–H and O–H groups in total. The van der Waals surface area contributed by atoms with Gasteiger partial charge in [0, 0.05) is 11.6 Å². The second-order valence-corrected chi connectivity index (χ2v) is 3.91. The van der Waals surface area contributed by atoms with Gasteiger partial charge >= 0.3 is 0 Å². The molecule has 0 radical (unpaired) electrons. The lowest BCUT2D eigenvalue weighted by atomic mass is 10.2. The molecule has 0 unspecified atom stereocenters. The second kappa shape index (κ2) is 5.92. The van der Waals surface area contributed by atoms with Crippen molar-refractivity contribution >= 4 is 12.4 Å². The third kappa shape index (κ3) is 3.38. The molecule has 0 heterocycles. The van der Waals surface area contributed by atoms with Crippen molar-refractivity contribution in [2.45, 2.75) is 0 Å². The summed E-state index contributed by atoms with van der Waals surface area (Å²) in [7, 11) is 0. The number of halogens is 2. The van der Waals surface area contributed by atoms with Crippen LogP contribution in [0.1, 0.15) is 11.1 Å². The first-order chi connectivity index (χ1) is 9.56. The number of hydrogen-bond acceptors (Lipinski definition) is 4. The van der Waals surface area contributed by atoms with Crippen LogP contribution in [0.25, 0.3) is 0 Å². The van der Waals surface area contributed by atoms with Crippen LogP contribution in [-0.4, -0.2) is 22.6 Å². The van der Waals surface area contributed by atoms with Gasteiger partial charge in [-0.25, -0.2) is 8.78 Å². The molecule has 0 fully saturated rings. The SMILES string of the molecule is Oc1ccc(C=NN=Cc2ccc(O)c(F)c2)c(F)c1. The van der Waals surface area contributed by atoms with Gasteiger partial charge in [-0.3, -0.25) is 0 Å². The highest BCUT2D eigenvalue weighted by molar-refractivity contribution is 5.83. The van der Waals surface area contributed by atoms with Crippen molar-refractivity contribution < 1.29 is 19.0 Å². The average molecular weight is 276 g/mol. The Labute approximate surface area is 113 Å². The number of rotatable bonds is 3. The van der Waals surface area contributed by atoms with E-state index in [-0.39, 0.29) is 11.3 Å². The summed E-state index contributed by atoms with van der Waals surface area (Å²) in [4.78, 5) is 0. The molecule has 0 atom stereocenters. The fourth-order valence-electron chi connectivity index (χ4n) is 1.42. The highest BCUT2D eigenvalue weighted by Gasteiger charge is 2.00. The number of aromatic hydroxyl groups is 2. The highest BCUT2D eigenvalue weighted by atomic mass is 19.1. The van der Waals surface area contributed by atoms with Crippen LogP contribution in [0, 0.1) is 11.6 Å². The van der Waals surface area contributed by atoms with E-state index >= 15 is 0 Å². The standard InChI is InChI=1S/C14H10F2N2O2/c15-12-6-11(19)3-2-10(12)8-18-17-7-9-1-4-14(20)13(16)5-9/h1-8,19-20H. The zero-order valence-electron chi connectivity index (χ0n) is 10.2. The molecule has 0 aliphatic rings. The molecule has 102 valence electrons. The normalized spacial score (nSPS) is 11.5. The lowest BCUT2D eigenvalue weighted by molar-refractivity contribution is 0.432. The second-order valence-electron chi connectivity index (χ2n) is 3.91. The minimum absolute atomic E-state index is 0.164. The summed E-state index contributed by atoms with van der Waals surface area (Å²) in [6, 6.07) is 7.38. The van der Waals surface area contributed by atoms with Crippen molar-refractivity contribution in [2.75, 3.05) is 0 Å². The van der Waals surface area contributed by atoms with Crippen LogP contribution in [0.2, 0.25) is 0 Å². The summed E-state index contributed by atoms with van der Waals surface area (Å²) < 4.78 is 26.3. The van der Waals surface area contributed by atoms with Crippen molar-refractivity contribution in [1.82, 2.24) is 0 Å². The zero-order valence-corrected chi connectivity index (χ0v) is 10.2. The fourth-order valence-corrected chi connectivity index (χ4v) is 1.42. The van der Waals surface area contributed by atoms with Gasteiger partial charge in [-0.05, 0) is 35.9 Å². The lowest BCUT2D eigenvalue weighted by Crippen LogP contribution is -1.87. The summed E-state index contributed by atoms with van der Waals surface area (Å²) in [5, 5.41) is 25.3. The summed E-state index contributed by atoms with van der Waals surface area (Å²) in [6.07, 6.45) is 2.43. The zero-order chi connectivity index (χ0) is 14.5. The molecular weight excluding hydrogens is 266 g/mol. The molecule has 6 heteroatoms. The van der Waals surface area contributed by atoms with Crippen molar-refractivity contribution in [3.05, 3.63) is 59.2 Å². The van der Waals surface area contributed by atoms with Gasteiger partial charge in [-0.2, -0.15) is 10.2 Å². The third-order valence-corrected chi connectivity index (χ3v) is 2.43. The van der Waals surface area contributed by atoms with Gasteiger partial charge in [0.1, 0.15) is 11.6 Å². The topological polar surface area (TPSA) is 65.2 Å². The lowest BCUT2D eigenvalue weighted by Gasteiger charge is -1.96. The quantitative estimate of drug-likeness (QED) is 0.668. The molecule has 2 aromatic carbocycles. The Bertz CT molecular complexity index is 685. The molecule has 0 aliphatic carbocycles. The van der Waals surface area contributed by atoms with E-state index in [1.807, 2.05) is 0 Å². The van der Waals surface area contributed by atoms with Gasteiger partial charge in [-0.15, -0.1) is 0 Å². The smallest absolute Gasteiger partial charge is 0.165 e. The molecule has 2 rings (SSSR count). The summed E-state index contributed by atoms with van der Waals surface area (Å²) >= 11 is 0. The summed E-state index contributed by atoms with van der Waals surface area (Å²) in [5.74, 6) is -2.01. The van der Waals surface area contributed by atoms with Crippen LogP contribution >= 0.6 is 0 Å². The Kier molecular flexibility index (Phi) is 4.05. The molecule has 0 amide bonds. The molecule has 0 aromatic heterocycles. The van der Waals surface area contributed by atoms with E-state index in [1.165, 1.54) is 36.7 Å². The number of phenols is 2. The van der Waals surface area contributed by atoms with Crippen LogP contribution in [0.3, 0.4) is 0 Å². The first-order valence-electron chi connectivity index (χ1n) is 5.59. The van der Waals surface area contributed by atoms with Crippen LogP contribution in [-0.2, 0) is 0 Å². The molecule has 0 spiro atoms. The van der Waals surface area contributed by atoms with Gasteiger partial charge in [0.05, 0.1) is 12.4 Å². The van der Waals surface area contributed by atoms with E-state index in [4.69, 9.17) is 10.2 Å². The van der Waals surface area contributed by atoms with E-state index in [0.29, 0.717) is 5.56 Å². The maximum Gasteiger partial charge on any atom is 0.165 e. The number of benzene rings is 2. The van der Waals surface area contributed by atoms with E-state index in [2.05, 4.69) is 10.2 Å². The van der Waals surface area contributed by atoms with E-state index in [9.17, 15) is 8.78 Å². The molecule has 20 heavy (non-hydrogen) atoms. The maximum absolute atomic E-state index is 13.3. The highest BCUT2D eigenvalue weighted by Crippen LogP contribution is 2.15. The number of nitrogens with zero attached hydrogens (tertiary/aromatic N) is 2. The Morgan fingerprint density at radius 1 is 0.850 bits per heavy atom. The molecule has 0 aliphatic heterocycles. The number of phenolic OH excluding ortho intramolecular Hbond substituents is 2. The van der Waals surface area contributed by atoms with Crippen LogP contribution in [0.15, 0.2) is 46.6 Å². The predicted molar refractivity (Wildman–Crippen MR) is 71.3 cm³/mol. The van der Waals surface area contributed by atoms with Crippen LogP contribution in [0.4, 0.5) is 8.78 Å². The van der Waals surface area contributed by atoms with Gasteiger partial charge in [0.25, 0.3) is 0 Å². The van der Waals surface area contributed by atoms with Crippen molar-refractivity contribution in [3.63, 3.8) is 0 Å². The Morgan fingerprint density at radius 2 is 1.60 bits per heavy atom. The number of hydrogen-bond donors (Lipinski definition) is 2. The van der Waals surface area contributed by atoms with Gasteiger partial charge < -0.3 is 10.2 Å². The molecule has 2 aromatic rings. The predicted octanol–water partition coefficient (Wildman–Crippen LogP) is 2.83. The Balaban J connectivity index is 2.09.